The normalized spacial score (nSPS) is 13.9. The van der Waals surface area contributed by atoms with Crippen LogP contribution in [0.3, 0.4) is 0 Å². The van der Waals surface area contributed by atoms with Gasteiger partial charge in [-0.25, -0.2) is 13.2 Å². The second-order valence-electron chi connectivity index (χ2n) is 6.57. The molecule has 0 aliphatic carbocycles. The van der Waals surface area contributed by atoms with E-state index < -0.39 is 28.9 Å². The molecular weight excluding hydrogens is 387 g/mol. The summed E-state index contributed by atoms with van der Waals surface area (Å²) in [7, 11) is 0. The summed E-state index contributed by atoms with van der Waals surface area (Å²) >= 11 is 0. The van der Waals surface area contributed by atoms with Crippen LogP contribution in [0, 0.1) is 17.5 Å². The molecule has 1 N–H and O–H groups in total. The number of hydrogen-bond donors (Lipinski definition) is 1. The van der Waals surface area contributed by atoms with E-state index in [0.29, 0.717) is 17.3 Å². The molecule has 9 heteroatoms. The average Bonchev–Trinajstić information content (AvgIpc) is 2.71. The number of rotatable bonds is 3. The first-order chi connectivity index (χ1) is 13.8. The van der Waals surface area contributed by atoms with Gasteiger partial charge in [0.2, 0.25) is 5.91 Å². The Kier molecular flexibility index (Phi) is 5.86. The third-order valence-electron chi connectivity index (χ3n) is 4.55. The van der Waals surface area contributed by atoms with Crippen molar-refractivity contribution in [2.24, 2.45) is 0 Å². The van der Waals surface area contributed by atoms with Gasteiger partial charge in [-0.15, -0.1) is 0 Å². The molecule has 0 radical (unpaired) electrons. The number of benzene rings is 2. The molecule has 0 saturated carbocycles. The number of hydrogen-bond acceptors (Lipinski definition) is 3. The summed E-state index contributed by atoms with van der Waals surface area (Å²) in [4.78, 5) is 39.1. The third kappa shape index (κ3) is 4.39. The first-order valence-corrected chi connectivity index (χ1v) is 8.87. The molecule has 3 rings (SSSR count). The standard InChI is InChI=1S/C20H18F3N3O3/c1-12(27)24-14-4-2-3-13(11-14)19(28)25-7-9-26(10-8-25)20(29)15-5-6-16(21)18(23)17(15)22/h2-6,11H,7-10H2,1H3,(H,24,27). The summed E-state index contributed by atoms with van der Waals surface area (Å²) in [6, 6.07) is 8.07. The van der Waals surface area contributed by atoms with Crippen molar-refractivity contribution in [3.8, 4) is 0 Å². The van der Waals surface area contributed by atoms with Crippen LogP contribution in [0.1, 0.15) is 27.6 Å². The minimum Gasteiger partial charge on any atom is -0.335 e. The largest absolute Gasteiger partial charge is 0.335 e. The third-order valence-corrected chi connectivity index (χ3v) is 4.55. The van der Waals surface area contributed by atoms with Gasteiger partial charge in [0.05, 0.1) is 5.56 Å². The van der Waals surface area contributed by atoms with Gasteiger partial charge in [-0.1, -0.05) is 6.07 Å². The van der Waals surface area contributed by atoms with Crippen molar-refractivity contribution in [2.75, 3.05) is 31.5 Å². The van der Waals surface area contributed by atoms with Gasteiger partial charge in [0.15, 0.2) is 17.5 Å². The molecule has 2 aromatic rings. The van der Waals surface area contributed by atoms with E-state index in [2.05, 4.69) is 5.32 Å². The monoisotopic (exact) mass is 405 g/mol. The van der Waals surface area contributed by atoms with Gasteiger partial charge in [0.1, 0.15) is 0 Å². The van der Waals surface area contributed by atoms with Crippen molar-refractivity contribution in [3.63, 3.8) is 0 Å². The number of nitrogens with one attached hydrogen (secondary N) is 1. The maximum atomic E-state index is 13.9. The lowest BCUT2D eigenvalue weighted by Crippen LogP contribution is -2.50. The van der Waals surface area contributed by atoms with Crippen molar-refractivity contribution in [3.05, 3.63) is 65.0 Å². The number of anilines is 1. The highest BCUT2D eigenvalue weighted by atomic mass is 19.2. The summed E-state index contributed by atoms with van der Waals surface area (Å²) in [5.41, 5.74) is 0.320. The number of halogens is 3. The minimum absolute atomic E-state index is 0.119. The molecule has 152 valence electrons. The van der Waals surface area contributed by atoms with Crippen molar-refractivity contribution in [1.29, 1.82) is 0 Å². The van der Waals surface area contributed by atoms with Gasteiger partial charge in [0, 0.05) is 44.4 Å². The lowest BCUT2D eigenvalue weighted by Gasteiger charge is -2.35. The zero-order valence-corrected chi connectivity index (χ0v) is 15.5. The topological polar surface area (TPSA) is 69.7 Å². The lowest BCUT2D eigenvalue weighted by atomic mass is 10.1. The Hall–Kier alpha value is -3.36. The summed E-state index contributed by atoms with van der Waals surface area (Å²) < 4.78 is 40.3. The smallest absolute Gasteiger partial charge is 0.257 e. The molecular formula is C20H18F3N3O3. The first kappa shape index (κ1) is 20.4. The molecule has 0 atom stereocenters. The van der Waals surface area contributed by atoms with Crippen LogP contribution in [0.25, 0.3) is 0 Å². The van der Waals surface area contributed by atoms with E-state index >= 15 is 0 Å². The number of amides is 3. The van der Waals surface area contributed by atoms with E-state index in [9.17, 15) is 27.6 Å². The zero-order valence-electron chi connectivity index (χ0n) is 15.5. The molecule has 29 heavy (non-hydrogen) atoms. The summed E-state index contributed by atoms with van der Waals surface area (Å²) in [6.07, 6.45) is 0. The molecule has 2 aromatic carbocycles. The molecule has 1 heterocycles. The molecule has 6 nitrogen and oxygen atoms in total. The molecule has 1 aliphatic heterocycles. The zero-order chi connectivity index (χ0) is 21.1. The van der Waals surface area contributed by atoms with Gasteiger partial charge in [-0.2, -0.15) is 0 Å². The van der Waals surface area contributed by atoms with Gasteiger partial charge >= 0.3 is 0 Å². The Morgan fingerprint density at radius 2 is 1.48 bits per heavy atom. The summed E-state index contributed by atoms with van der Waals surface area (Å²) in [6.45, 7) is 1.99. The van der Waals surface area contributed by atoms with Crippen molar-refractivity contribution < 1.29 is 27.6 Å². The highest BCUT2D eigenvalue weighted by Crippen LogP contribution is 2.19. The van der Waals surface area contributed by atoms with E-state index in [1.54, 1.807) is 24.3 Å². The highest BCUT2D eigenvalue weighted by molar-refractivity contribution is 5.97. The van der Waals surface area contributed by atoms with Crippen LogP contribution in [-0.4, -0.2) is 53.7 Å². The Balaban J connectivity index is 1.66. The average molecular weight is 405 g/mol. The van der Waals surface area contributed by atoms with Gasteiger partial charge in [0.25, 0.3) is 11.8 Å². The Morgan fingerprint density at radius 3 is 2.10 bits per heavy atom. The molecule has 3 amide bonds. The fourth-order valence-corrected chi connectivity index (χ4v) is 3.09. The van der Waals surface area contributed by atoms with Gasteiger partial charge in [-0.3, -0.25) is 14.4 Å². The fraction of sp³-hybridized carbons (Fsp3) is 0.250. The molecule has 0 unspecified atom stereocenters. The van der Waals surface area contributed by atoms with E-state index in [1.807, 2.05) is 0 Å². The van der Waals surface area contributed by atoms with Crippen LogP contribution in [0.4, 0.5) is 18.9 Å². The quantitative estimate of drug-likeness (QED) is 0.799. The van der Waals surface area contributed by atoms with Gasteiger partial charge in [-0.05, 0) is 30.3 Å². The predicted octanol–water partition coefficient (Wildman–Crippen LogP) is 2.66. The molecule has 1 aliphatic rings. The summed E-state index contributed by atoms with van der Waals surface area (Å²) in [5.74, 6) is -5.88. The predicted molar refractivity (Wildman–Crippen MR) is 98.9 cm³/mol. The molecule has 0 spiro atoms. The number of carbonyl (C=O) groups is 3. The van der Waals surface area contributed by atoms with Gasteiger partial charge < -0.3 is 15.1 Å². The SMILES string of the molecule is CC(=O)Nc1cccc(C(=O)N2CCN(C(=O)c3ccc(F)c(F)c3F)CC2)c1. The molecule has 1 saturated heterocycles. The highest BCUT2D eigenvalue weighted by Gasteiger charge is 2.28. The molecule has 0 bridgehead atoms. The second-order valence-corrected chi connectivity index (χ2v) is 6.57. The van der Waals surface area contributed by atoms with E-state index in [1.165, 1.54) is 16.7 Å². The summed E-state index contributed by atoms with van der Waals surface area (Å²) in [5, 5.41) is 2.60. The Morgan fingerprint density at radius 1 is 0.862 bits per heavy atom. The molecule has 1 fully saturated rings. The van der Waals surface area contributed by atoms with E-state index in [-0.39, 0.29) is 38.0 Å². The van der Waals surface area contributed by atoms with Crippen LogP contribution in [0.15, 0.2) is 36.4 Å². The second kappa shape index (κ2) is 8.34. The number of carbonyl (C=O) groups excluding carboxylic acids is 3. The van der Waals surface area contributed by atoms with E-state index in [4.69, 9.17) is 0 Å². The lowest BCUT2D eigenvalue weighted by molar-refractivity contribution is -0.114. The van der Waals surface area contributed by atoms with Crippen LogP contribution in [-0.2, 0) is 4.79 Å². The Labute approximate surface area is 164 Å². The first-order valence-electron chi connectivity index (χ1n) is 8.87. The van der Waals surface area contributed by atoms with Crippen LogP contribution in [0.2, 0.25) is 0 Å². The maximum Gasteiger partial charge on any atom is 0.257 e. The number of nitrogens with zero attached hydrogens (tertiary/aromatic N) is 2. The van der Waals surface area contributed by atoms with Crippen LogP contribution < -0.4 is 5.32 Å². The van der Waals surface area contributed by atoms with Crippen molar-refractivity contribution in [2.45, 2.75) is 6.92 Å². The Bertz CT molecular complexity index is 973. The maximum absolute atomic E-state index is 13.9. The van der Waals surface area contributed by atoms with E-state index in [0.717, 1.165) is 6.07 Å². The van der Waals surface area contributed by atoms with Crippen LogP contribution >= 0.6 is 0 Å². The van der Waals surface area contributed by atoms with Crippen molar-refractivity contribution >= 4 is 23.4 Å². The van der Waals surface area contributed by atoms with Crippen molar-refractivity contribution in [1.82, 2.24) is 9.80 Å². The minimum atomic E-state index is -1.69. The van der Waals surface area contributed by atoms with Crippen LogP contribution in [0.5, 0.6) is 0 Å². The fourth-order valence-electron chi connectivity index (χ4n) is 3.09. The number of piperazine rings is 1. The molecule has 0 aromatic heterocycles.